The van der Waals surface area contributed by atoms with Crippen LogP contribution in [0, 0.1) is 5.41 Å². The summed E-state index contributed by atoms with van der Waals surface area (Å²) in [6.07, 6.45) is 9.64. The molecule has 4 aliphatic rings. The van der Waals surface area contributed by atoms with Crippen LogP contribution in [0.3, 0.4) is 0 Å². The van der Waals surface area contributed by atoms with Crippen molar-refractivity contribution in [3.05, 3.63) is 54.4 Å². The van der Waals surface area contributed by atoms with Gasteiger partial charge in [-0.3, -0.25) is 4.79 Å². The Bertz CT molecular complexity index is 1900. The van der Waals surface area contributed by atoms with E-state index in [0.29, 0.717) is 56.6 Å². The SMILES string of the molecule is C=CC(=O)N1CCC[C@@H]1c1cc(N2CC3(CCC[C@H]3S(C)(=O)=O)C2)c2cnc(Nc3ccnc(N4CC[C@@H](OC)[C@@H](F)C4)n3)cc2c1C(C)C. The number of nitrogens with one attached hydrogen (secondary N) is 1. The Kier molecular flexibility index (Phi) is 9.25. The van der Waals surface area contributed by atoms with Crippen LogP contribution in [0.15, 0.2) is 43.2 Å². The van der Waals surface area contributed by atoms with Gasteiger partial charge in [0.1, 0.15) is 17.8 Å². The van der Waals surface area contributed by atoms with Crippen LogP contribution in [0.5, 0.6) is 0 Å². The molecule has 4 atom stereocenters. The second kappa shape index (κ2) is 13.4. The molecule has 268 valence electrons. The number of methoxy groups -OCH3 is 1. The number of halogens is 1. The van der Waals surface area contributed by atoms with Gasteiger partial charge in [0.15, 0.2) is 9.84 Å². The highest BCUT2D eigenvalue weighted by Crippen LogP contribution is 2.52. The smallest absolute Gasteiger partial charge is 0.246 e. The van der Waals surface area contributed by atoms with E-state index in [9.17, 15) is 17.6 Å². The number of ether oxygens (including phenoxy) is 1. The molecule has 7 rings (SSSR count). The molecule has 3 aliphatic heterocycles. The average molecular weight is 706 g/mol. The van der Waals surface area contributed by atoms with E-state index in [-0.39, 0.29) is 35.1 Å². The fourth-order valence-electron chi connectivity index (χ4n) is 9.11. The molecule has 2 aromatic heterocycles. The highest BCUT2D eigenvalue weighted by molar-refractivity contribution is 7.91. The van der Waals surface area contributed by atoms with Crippen LogP contribution in [0.1, 0.15) is 75.5 Å². The minimum Gasteiger partial charge on any atom is -0.378 e. The predicted octanol–water partition coefficient (Wildman–Crippen LogP) is 5.71. The number of aromatic nitrogens is 3. The van der Waals surface area contributed by atoms with Crippen molar-refractivity contribution in [3.63, 3.8) is 0 Å². The Labute approximate surface area is 294 Å². The third kappa shape index (κ3) is 6.20. The fourth-order valence-corrected chi connectivity index (χ4v) is 10.9. The first-order valence-electron chi connectivity index (χ1n) is 17.8. The molecule has 1 spiro atoms. The zero-order valence-electron chi connectivity index (χ0n) is 29.4. The second-order valence-electron chi connectivity index (χ2n) is 14.9. The number of hydrogen-bond acceptors (Lipinski definition) is 10. The van der Waals surface area contributed by atoms with Gasteiger partial charge in [-0.05, 0) is 78.8 Å². The van der Waals surface area contributed by atoms with E-state index < -0.39 is 22.1 Å². The van der Waals surface area contributed by atoms with E-state index in [0.717, 1.165) is 53.3 Å². The summed E-state index contributed by atoms with van der Waals surface area (Å²) in [6, 6.07) is 5.97. The summed E-state index contributed by atoms with van der Waals surface area (Å²) >= 11 is 0. The number of alkyl halides is 1. The number of nitrogens with zero attached hydrogens (tertiary/aromatic N) is 6. The molecular weight excluding hydrogens is 658 g/mol. The monoisotopic (exact) mass is 705 g/mol. The number of carbonyl (C=O) groups excluding carboxylic acids is 1. The molecule has 50 heavy (non-hydrogen) atoms. The molecule has 1 aromatic carbocycles. The van der Waals surface area contributed by atoms with Crippen LogP contribution < -0.4 is 15.1 Å². The summed E-state index contributed by atoms with van der Waals surface area (Å²) in [6.45, 7) is 10.9. The van der Waals surface area contributed by atoms with E-state index in [1.165, 1.54) is 19.4 Å². The number of rotatable bonds is 9. The van der Waals surface area contributed by atoms with Gasteiger partial charge < -0.3 is 24.8 Å². The lowest BCUT2D eigenvalue weighted by Crippen LogP contribution is -2.61. The third-order valence-corrected chi connectivity index (χ3v) is 13.1. The number of sulfone groups is 1. The van der Waals surface area contributed by atoms with Crippen molar-refractivity contribution in [3.8, 4) is 0 Å². The lowest BCUT2D eigenvalue weighted by Gasteiger charge is -2.52. The molecule has 5 heterocycles. The number of likely N-dealkylation sites (tertiary alicyclic amines) is 1. The maximum absolute atomic E-state index is 14.7. The van der Waals surface area contributed by atoms with Crippen LogP contribution in [0.2, 0.25) is 0 Å². The Morgan fingerprint density at radius 1 is 1.10 bits per heavy atom. The summed E-state index contributed by atoms with van der Waals surface area (Å²) in [5.41, 5.74) is 3.05. The Morgan fingerprint density at radius 3 is 2.60 bits per heavy atom. The van der Waals surface area contributed by atoms with Gasteiger partial charge in [-0.25, -0.2) is 22.8 Å². The molecule has 1 amide bonds. The fraction of sp³-hybridized carbons (Fsp3) is 0.568. The van der Waals surface area contributed by atoms with Gasteiger partial charge in [-0.1, -0.05) is 26.8 Å². The number of benzene rings is 1. The Balaban J connectivity index is 1.27. The summed E-state index contributed by atoms with van der Waals surface area (Å²) in [5, 5.41) is 5.07. The number of hydrogen-bond donors (Lipinski definition) is 1. The molecular formula is C37H48FN7O4S. The number of anilines is 4. The highest BCUT2D eigenvalue weighted by Gasteiger charge is 2.55. The van der Waals surface area contributed by atoms with Gasteiger partial charge in [0.25, 0.3) is 0 Å². The molecule has 1 N–H and O–H groups in total. The van der Waals surface area contributed by atoms with Gasteiger partial charge >= 0.3 is 0 Å². The standard InChI is InChI=1S/C37H48FN7O4S/c1-6-34(46)45-15-8-9-28(45)25-17-29(44-21-37(22-44)13-7-10-31(37)50(5,47)48)26-19-40-33(18-24(26)35(25)23(2)3)41-32-11-14-39-36(42-32)43-16-12-30(49-4)27(38)20-43/h6,11,14,17-19,23,27-28,30-31H,1,7-10,12-13,15-16,20-22H2,2-5H3,(H,39,40,41,42)/t27-,28+,30+,31+/m0/s1. The molecule has 11 nitrogen and oxygen atoms in total. The minimum atomic E-state index is -3.17. The highest BCUT2D eigenvalue weighted by atomic mass is 32.2. The largest absolute Gasteiger partial charge is 0.378 e. The van der Waals surface area contributed by atoms with Crippen molar-refractivity contribution in [2.24, 2.45) is 5.41 Å². The number of carbonyl (C=O) groups is 1. The number of fused-ring (bicyclic) bond motifs is 1. The van der Waals surface area contributed by atoms with Crippen LogP contribution in [0.4, 0.5) is 27.7 Å². The van der Waals surface area contributed by atoms with Gasteiger partial charge in [-0.15, -0.1) is 0 Å². The second-order valence-corrected chi connectivity index (χ2v) is 17.1. The maximum atomic E-state index is 14.7. The van der Waals surface area contributed by atoms with E-state index in [2.05, 4.69) is 47.8 Å². The molecule has 0 bridgehead atoms. The molecule has 13 heteroatoms. The van der Waals surface area contributed by atoms with Gasteiger partial charge in [-0.2, -0.15) is 4.98 Å². The van der Waals surface area contributed by atoms with E-state index in [4.69, 9.17) is 14.7 Å². The summed E-state index contributed by atoms with van der Waals surface area (Å²) in [5.74, 6) is 1.66. The first-order chi connectivity index (χ1) is 23.9. The lowest BCUT2D eigenvalue weighted by atomic mass is 9.76. The van der Waals surface area contributed by atoms with E-state index >= 15 is 0 Å². The van der Waals surface area contributed by atoms with Gasteiger partial charge in [0, 0.05) is 68.4 Å². The van der Waals surface area contributed by atoms with Crippen LogP contribution in [0.25, 0.3) is 10.8 Å². The van der Waals surface area contributed by atoms with Gasteiger partial charge in [0.05, 0.1) is 23.9 Å². The molecule has 4 fully saturated rings. The minimum absolute atomic E-state index is 0.0733. The van der Waals surface area contributed by atoms with Crippen LogP contribution >= 0.6 is 0 Å². The lowest BCUT2D eigenvalue weighted by molar-refractivity contribution is -0.126. The van der Waals surface area contributed by atoms with Gasteiger partial charge in [0.2, 0.25) is 11.9 Å². The first-order valence-corrected chi connectivity index (χ1v) is 19.7. The van der Waals surface area contributed by atoms with E-state index in [1.54, 1.807) is 12.3 Å². The molecule has 1 aliphatic carbocycles. The van der Waals surface area contributed by atoms with E-state index in [1.807, 2.05) is 16.0 Å². The van der Waals surface area contributed by atoms with Crippen molar-refractivity contribution in [1.82, 2.24) is 19.9 Å². The zero-order valence-corrected chi connectivity index (χ0v) is 30.3. The van der Waals surface area contributed by atoms with Crippen LogP contribution in [-0.4, -0.2) is 97.8 Å². The molecule has 3 aromatic rings. The first kappa shape index (κ1) is 34.6. The summed E-state index contributed by atoms with van der Waals surface area (Å²) in [4.78, 5) is 33.1. The van der Waals surface area contributed by atoms with Crippen molar-refractivity contribution < 1.29 is 22.3 Å². The predicted molar refractivity (Wildman–Crippen MR) is 195 cm³/mol. The van der Waals surface area contributed by atoms with Crippen LogP contribution in [-0.2, 0) is 19.4 Å². The quantitative estimate of drug-likeness (QED) is 0.277. The summed E-state index contributed by atoms with van der Waals surface area (Å²) < 4.78 is 45.6. The third-order valence-electron chi connectivity index (χ3n) is 11.4. The molecule has 3 saturated heterocycles. The van der Waals surface area contributed by atoms with Crippen molar-refractivity contribution in [1.29, 1.82) is 0 Å². The topological polar surface area (TPSA) is 121 Å². The van der Waals surface area contributed by atoms with Crippen molar-refractivity contribution in [2.75, 3.05) is 61.2 Å². The number of amides is 1. The molecule has 0 unspecified atom stereocenters. The zero-order chi connectivity index (χ0) is 35.4. The Morgan fingerprint density at radius 2 is 1.90 bits per heavy atom. The maximum Gasteiger partial charge on any atom is 0.246 e. The number of piperidine rings is 1. The average Bonchev–Trinajstić information content (AvgIpc) is 3.75. The van der Waals surface area contributed by atoms with Crippen molar-refractivity contribution >= 4 is 49.8 Å². The molecule has 1 saturated carbocycles. The summed E-state index contributed by atoms with van der Waals surface area (Å²) in [7, 11) is -1.63. The molecule has 0 radical (unpaired) electrons. The normalized spacial score (nSPS) is 25.0. The number of pyridine rings is 1. The Hall–Kier alpha value is -3.84. The van der Waals surface area contributed by atoms with Crippen molar-refractivity contribution in [2.45, 2.75) is 81.9 Å².